The molecule has 0 atom stereocenters. The fraction of sp³-hybridized carbons (Fsp3) is 0.529. The second-order valence-electron chi connectivity index (χ2n) is 5.93. The van der Waals surface area contributed by atoms with Gasteiger partial charge in [-0.15, -0.1) is 0 Å². The normalized spacial score (nSPS) is 20.6. The van der Waals surface area contributed by atoms with Gasteiger partial charge in [0, 0.05) is 19.1 Å². The first-order chi connectivity index (χ1) is 11.1. The first kappa shape index (κ1) is 17.3. The van der Waals surface area contributed by atoms with E-state index in [4.69, 9.17) is 10.5 Å². The number of ether oxygens (including phenoxy) is 1. The van der Waals surface area contributed by atoms with Gasteiger partial charge in [-0.25, -0.2) is 4.79 Å². The molecule has 2 amide bonds. The van der Waals surface area contributed by atoms with Crippen molar-refractivity contribution in [3.63, 3.8) is 0 Å². The average Bonchev–Trinajstić information content (AvgIpc) is 2.60. The molecule has 1 aliphatic rings. The zero-order valence-corrected chi connectivity index (χ0v) is 13.5. The second-order valence-corrected chi connectivity index (χ2v) is 5.93. The Morgan fingerprint density at radius 1 is 1.22 bits per heavy atom. The first-order valence-corrected chi connectivity index (χ1v) is 8.03. The van der Waals surface area contributed by atoms with E-state index < -0.39 is 0 Å². The van der Waals surface area contributed by atoms with Crippen LogP contribution >= 0.6 is 0 Å². The fourth-order valence-corrected chi connectivity index (χ4v) is 2.86. The molecule has 1 aliphatic carbocycles. The summed E-state index contributed by atoms with van der Waals surface area (Å²) in [5.41, 5.74) is 6.28. The van der Waals surface area contributed by atoms with Crippen LogP contribution in [0.25, 0.3) is 0 Å². The Bertz CT molecular complexity index is 513. The van der Waals surface area contributed by atoms with Gasteiger partial charge in [-0.2, -0.15) is 0 Å². The highest BCUT2D eigenvalue weighted by molar-refractivity contribution is 5.78. The number of hydrogen-bond donors (Lipinski definition) is 2. The monoisotopic (exact) mass is 319 g/mol. The van der Waals surface area contributed by atoms with E-state index in [1.54, 1.807) is 11.9 Å². The van der Waals surface area contributed by atoms with Crippen molar-refractivity contribution in [3.8, 4) is 0 Å². The van der Waals surface area contributed by atoms with Gasteiger partial charge < -0.3 is 20.7 Å². The molecular weight excluding hydrogens is 294 g/mol. The Kier molecular flexibility index (Phi) is 6.40. The van der Waals surface area contributed by atoms with Gasteiger partial charge in [-0.05, 0) is 31.2 Å². The van der Waals surface area contributed by atoms with Crippen molar-refractivity contribution in [2.45, 2.75) is 44.4 Å². The van der Waals surface area contributed by atoms with Crippen LogP contribution in [0.2, 0.25) is 0 Å². The van der Waals surface area contributed by atoms with Gasteiger partial charge in [0.25, 0.3) is 0 Å². The van der Waals surface area contributed by atoms with E-state index in [1.807, 2.05) is 30.3 Å². The maximum absolute atomic E-state index is 12.1. The lowest BCUT2D eigenvalue weighted by Gasteiger charge is -2.34. The number of nitrogens with one attached hydrogen (secondary N) is 1. The molecule has 2 rings (SSSR count). The Balaban J connectivity index is 1.74. The van der Waals surface area contributed by atoms with Crippen LogP contribution in [0.1, 0.15) is 31.2 Å². The molecule has 0 unspecified atom stereocenters. The molecular formula is C17H25N3O3. The van der Waals surface area contributed by atoms with E-state index in [-0.39, 0.29) is 37.2 Å². The lowest BCUT2D eigenvalue weighted by atomic mass is 9.90. The summed E-state index contributed by atoms with van der Waals surface area (Å²) in [6, 6.07) is 9.95. The van der Waals surface area contributed by atoms with Gasteiger partial charge >= 0.3 is 6.09 Å². The third-order valence-electron chi connectivity index (χ3n) is 4.29. The van der Waals surface area contributed by atoms with E-state index in [1.165, 1.54) is 0 Å². The topological polar surface area (TPSA) is 84.7 Å². The zero-order chi connectivity index (χ0) is 16.7. The molecule has 0 radical (unpaired) electrons. The average molecular weight is 319 g/mol. The number of nitrogens with zero attached hydrogens (tertiary/aromatic N) is 1. The predicted molar refractivity (Wildman–Crippen MR) is 87.6 cm³/mol. The zero-order valence-electron chi connectivity index (χ0n) is 13.5. The molecule has 6 nitrogen and oxygen atoms in total. The number of carbonyl (C=O) groups is 2. The van der Waals surface area contributed by atoms with Gasteiger partial charge in [-0.1, -0.05) is 30.3 Å². The van der Waals surface area contributed by atoms with Gasteiger partial charge in [0.1, 0.15) is 6.61 Å². The molecule has 3 N–H and O–H groups in total. The van der Waals surface area contributed by atoms with Gasteiger partial charge in [-0.3, -0.25) is 4.79 Å². The summed E-state index contributed by atoms with van der Waals surface area (Å²) in [4.78, 5) is 25.1. The number of hydrogen-bond acceptors (Lipinski definition) is 4. The molecule has 0 saturated heterocycles. The van der Waals surface area contributed by atoms with E-state index in [2.05, 4.69) is 5.32 Å². The standard InChI is InChI=1S/C17H25N3O3/c1-20(17(22)23-12-13-5-3-2-4-6-13)15-9-7-14(8-10-15)19-16(21)11-18/h2-6,14-15H,7-12,18H2,1H3,(H,19,21). The molecule has 1 aromatic rings. The smallest absolute Gasteiger partial charge is 0.410 e. The molecule has 1 fully saturated rings. The van der Waals surface area contributed by atoms with Crippen LogP contribution in [0.5, 0.6) is 0 Å². The van der Waals surface area contributed by atoms with E-state index in [9.17, 15) is 9.59 Å². The highest BCUT2D eigenvalue weighted by Crippen LogP contribution is 2.23. The van der Waals surface area contributed by atoms with E-state index >= 15 is 0 Å². The van der Waals surface area contributed by atoms with E-state index in [0.717, 1.165) is 31.2 Å². The highest BCUT2D eigenvalue weighted by atomic mass is 16.6. The second kappa shape index (κ2) is 8.53. The maximum Gasteiger partial charge on any atom is 0.410 e. The molecule has 126 valence electrons. The summed E-state index contributed by atoms with van der Waals surface area (Å²) >= 11 is 0. The summed E-state index contributed by atoms with van der Waals surface area (Å²) in [7, 11) is 1.77. The van der Waals surface area contributed by atoms with Crippen LogP contribution in [0, 0.1) is 0 Å². The number of amides is 2. The molecule has 1 saturated carbocycles. The van der Waals surface area contributed by atoms with Crippen LogP contribution in [-0.2, 0) is 16.1 Å². The minimum Gasteiger partial charge on any atom is -0.445 e. The quantitative estimate of drug-likeness (QED) is 0.864. The van der Waals surface area contributed by atoms with Crippen LogP contribution in [0.3, 0.4) is 0 Å². The predicted octanol–water partition coefficient (Wildman–Crippen LogP) is 1.64. The molecule has 0 aromatic heterocycles. The van der Waals surface area contributed by atoms with Crippen LogP contribution < -0.4 is 11.1 Å². The summed E-state index contributed by atoms with van der Waals surface area (Å²) in [6.45, 7) is 0.303. The summed E-state index contributed by atoms with van der Waals surface area (Å²) in [5.74, 6) is -0.121. The van der Waals surface area contributed by atoms with Crippen molar-refractivity contribution in [2.75, 3.05) is 13.6 Å². The molecule has 6 heteroatoms. The van der Waals surface area contributed by atoms with Crippen molar-refractivity contribution in [2.24, 2.45) is 5.73 Å². The van der Waals surface area contributed by atoms with Gasteiger partial charge in [0.15, 0.2) is 0 Å². The molecule has 0 bridgehead atoms. The molecule has 0 aliphatic heterocycles. The van der Waals surface area contributed by atoms with Crippen molar-refractivity contribution in [1.82, 2.24) is 10.2 Å². The van der Waals surface area contributed by atoms with Gasteiger partial charge in [0.2, 0.25) is 5.91 Å². The Hall–Kier alpha value is -2.08. The minimum absolute atomic E-state index is 0.0195. The van der Waals surface area contributed by atoms with Crippen LogP contribution in [-0.4, -0.2) is 42.6 Å². The number of carbonyl (C=O) groups excluding carboxylic acids is 2. The highest BCUT2D eigenvalue weighted by Gasteiger charge is 2.27. The minimum atomic E-state index is -0.303. The molecule has 1 aromatic carbocycles. The third-order valence-corrected chi connectivity index (χ3v) is 4.29. The third kappa shape index (κ3) is 5.25. The lowest BCUT2D eigenvalue weighted by molar-refractivity contribution is -0.120. The first-order valence-electron chi connectivity index (χ1n) is 8.03. The lowest BCUT2D eigenvalue weighted by Crippen LogP contribution is -2.45. The number of rotatable bonds is 5. The van der Waals surface area contributed by atoms with Crippen molar-refractivity contribution >= 4 is 12.0 Å². The maximum atomic E-state index is 12.1. The Labute approximate surface area is 137 Å². The Morgan fingerprint density at radius 3 is 2.48 bits per heavy atom. The van der Waals surface area contributed by atoms with Crippen molar-refractivity contribution < 1.29 is 14.3 Å². The fourth-order valence-electron chi connectivity index (χ4n) is 2.86. The number of nitrogens with two attached hydrogens (primary N) is 1. The van der Waals surface area contributed by atoms with Crippen molar-refractivity contribution in [1.29, 1.82) is 0 Å². The molecule has 0 spiro atoms. The summed E-state index contributed by atoms with van der Waals surface area (Å²) in [6.07, 6.45) is 3.11. The van der Waals surface area contributed by atoms with Gasteiger partial charge in [0.05, 0.1) is 6.54 Å². The van der Waals surface area contributed by atoms with Crippen LogP contribution in [0.4, 0.5) is 4.79 Å². The summed E-state index contributed by atoms with van der Waals surface area (Å²) in [5, 5.41) is 2.91. The van der Waals surface area contributed by atoms with Crippen molar-refractivity contribution in [3.05, 3.63) is 35.9 Å². The largest absolute Gasteiger partial charge is 0.445 e. The molecule has 23 heavy (non-hydrogen) atoms. The van der Waals surface area contributed by atoms with Crippen LogP contribution in [0.15, 0.2) is 30.3 Å². The van der Waals surface area contributed by atoms with E-state index in [0.29, 0.717) is 0 Å². The summed E-state index contributed by atoms with van der Waals surface area (Å²) < 4.78 is 5.35. The number of benzene rings is 1. The Morgan fingerprint density at radius 2 is 1.87 bits per heavy atom. The molecule has 0 heterocycles. The SMILES string of the molecule is CN(C(=O)OCc1ccccc1)C1CCC(NC(=O)CN)CC1.